The van der Waals surface area contributed by atoms with Gasteiger partial charge < -0.3 is 15.5 Å². The minimum atomic E-state index is 0.114. The van der Waals surface area contributed by atoms with E-state index < -0.39 is 0 Å². The summed E-state index contributed by atoms with van der Waals surface area (Å²) in [5.74, 6) is 0.114. The van der Waals surface area contributed by atoms with Crippen LogP contribution in [-0.2, 0) is 0 Å². The van der Waals surface area contributed by atoms with Crippen LogP contribution in [0.2, 0.25) is 0 Å². The van der Waals surface area contributed by atoms with Gasteiger partial charge in [-0.2, -0.15) is 0 Å². The zero-order valence-electron chi connectivity index (χ0n) is 11.5. The number of nitrogen functional groups attached to an aromatic ring is 1. The lowest BCUT2D eigenvalue weighted by Crippen LogP contribution is -2.37. The first-order chi connectivity index (χ1) is 8.99. The Kier molecular flexibility index (Phi) is 4.47. The quantitative estimate of drug-likeness (QED) is 0.659. The molecule has 1 aromatic rings. The minimum absolute atomic E-state index is 0.114. The molecule has 1 unspecified atom stereocenters. The first-order valence-electron chi connectivity index (χ1n) is 6.54. The Morgan fingerprint density at radius 2 is 2.32 bits per heavy atom. The van der Waals surface area contributed by atoms with Crippen LogP contribution in [0.3, 0.4) is 0 Å². The first kappa shape index (κ1) is 14.3. The lowest BCUT2D eigenvalue weighted by molar-refractivity contribution is 0.314. The van der Waals surface area contributed by atoms with Crippen molar-refractivity contribution in [1.82, 2.24) is 4.90 Å². The third-order valence-corrected chi connectivity index (χ3v) is 4.31. The molecule has 19 heavy (non-hydrogen) atoms. The summed E-state index contributed by atoms with van der Waals surface area (Å²) in [6, 6.07) is 6.52. The van der Waals surface area contributed by atoms with E-state index in [4.69, 9.17) is 11.1 Å². The van der Waals surface area contributed by atoms with Gasteiger partial charge in [0.1, 0.15) is 5.84 Å². The van der Waals surface area contributed by atoms with Gasteiger partial charge in [-0.15, -0.1) is 0 Å². The summed E-state index contributed by atoms with van der Waals surface area (Å²) in [6.07, 6.45) is 2.52. The smallest absolute Gasteiger partial charge is 0.124 e. The van der Waals surface area contributed by atoms with Gasteiger partial charge in [-0.1, -0.05) is 15.9 Å². The topological polar surface area (TPSA) is 56.4 Å². The summed E-state index contributed by atoms with van der Waals surface area (Å²) >= 11 is 3.43. The van der Waals surface area contributed by atoms with Gasteiger partial charge in [-0.05, 0) is 44.6 Å². The molecule has 4 nitrogen and oxygen atoms in total. The van der Waals surface area contributed by atoms with E-state index in [0.717, 1.165) is 22.3 Å². The van der Waals surface area contributed by atoms with Crippen molar-refractivity contribution in [2.24, 2.45) is 5.73 Å². The summed E-state index contributed by atoms with van der Waals surface area (Å²) in [6.45, 7) is 2.15. The Balaban J connectivity index is 2.18. The van der Waals surface area contributed by atoms with Crippen LogP contribution >= 0.6 is 15.9 Å². The fourth-order valence-corrected chi connectivity index (χ4v) is 3.04. The zero-order valence-corrected chi connectivity index (χ0v) is 13.1. The number of rotatable bonds is 4. The van der Waals surface area contributed by atoms with Crippen LogP contribution in [0.5, 0.6) is 0 Å². The highest BCUT2D eigenvalue weighted by atomic mass is 79.9. The molecule has 1 atom stereocenters. The number of nitrogens with zero attached hydrogens (tertiary/aromatic N) is 2. The van der Waals surface area contributed by atoms with E-state index in [2.05, 4.69) is 39.8 Å². The normalized spacial score (nSPS) is 19.6. The van der Waals surface area contributed by atoms with Crippen LogP contribution < -0.4 is 10.6 Å². The van der Waals surface area contributed by atoms with Crippen LogP contribution in [0.25, 0.3) is 0 Å². The second kappa shape index (κ2) is 5.92. The number of likely N-dealkylation sites (N-methyl/N-ethyl adjacent to an activating group) is 2. The van der Waals surface area contributed by atoms with Crippen molar-refractivity contribution in [2.45, 2.75) is 18.9 Å². The monoisotopic (exact) mass is 324 g/mol. The largest absolute Gasteiger partial charge is 0.384 e. The number of amidine groups is 1. The van der Waals surface area contributed by atoms with Gasteiger partial charge in [-0.25, -0.2) is 0 Å². The Bertz CT molecular complexity index is 475. The summed E-state index contributed by atoms with van der Waals surface area (Å²) < 4.78 is 0.952. The number of anilines is 1. The number of nitrogens with one attached hydrogen (secondary N) is 1. The fourth-order valence-electron chi connectivity index (χ4n) is 2.68. The van der Waals surface area contributed by atoms with Gasteiger partial charge in [0.2, 0.25) is 0 Å². The second-order valence-corrected chi connectivity index (χ2v) is 6.15. The molecule has 0 amide bonds. The molecule has 1 aliphatic heterocycles. The lowest BCUT2D eigenvalue weighted by atomic mass is 10.1. The highest BCUT2D eigenvalue weighted by Gasteiger charge is 2.23. The fraction of sp³-hybridized carbons (Fsp3) is 0.500. The second-order valence-electron chi connectivity index (χ2n) is 5.23. The van der Waals surface area contributed by atoms with E-state index in [9.17, 15) is 0 Å². The minimum Gasteiger partial charge on any atom is -0.384 e. The van der Waals surface area contributed by atoms with Crippen LogP contribution in [0.4, 0.5) is 5.69 Å². The summed E-state index contributed by atoms with van der Waals surface area (Å²) in [4.78, 5) is 4.61. The highest BCUT2D eigenvalue weighted by Crippen LogP contribution is 2.25. The van der Waals surface area contributed by atoms with Crippen LogP contribution in [0, 0.1) is 5.41 Å². The number of hydrogen-bond acceptors (Lipinski definition) is 3. The predicted octanol–water partition coefficient (Wildman–Crippen LogP) is 2.26. The third kappa shape index (κ3) is 3.28. The van der Waals surface area contributed by atoms with Gasteiger partial charge in [0.15, 0.2) is 0 Å². The average Bonchev–Trinajstić information content (AvgIpc) is 2.74. The molecule has 5 heteroatoms. The first-order valence-corrected chi connectivity index (χ1v) is 7.33. The lowest BCUT2D eigenvalue weighted by Gasteiger charge is -2.28. The molecular weight excluding hydrogens is 304 g/mol. The molecule has 2 rings (SSSR count). The standard InChI is InChI=1S/C14H21BrN4/c1-18-7-3-4-11(18)9-19(2)13-6-5-10(15)8-12(13)14(16)17/h5-6,8,11H,3-4,7,9H2,1-2H3,(H3,16,17). The highest BCUT2D eigenvalue weighted by molar-refractivity contribution is 9.10. The van der Waals surface area contributed by atoms with E-state index >= 15 is 0 Å². The van der Waals surface area contributed by atoms with Gasteiger partial charge in [0, 0.05) is 35.4 Å². The van der Waals surface area contributed by atoms with Crippen molar-refractivity contribution in [3.8, 4) is 0 Å². The zero-order chi connectivity index (χ0) is 14.0. The third-order valence-electron chi connectivity index (χ3n) is 3.82. The molecule has 0 radical (unpaired) electrons. The van der Waals surface area contributed by atoms with Crippen molar-refractivity contribution >= 4 is 27.5 Å². The molecule has 0 spiro atoms. The van der Waals surface area contributed by atoms with Crippen molar-refractivity contribution in [1.29, 1.82) is 5.41 Å². The number of benzene rings is 1. The van der Waals surface area contributed by atoms with Crippen molar-refractivity contribution < 1.29 is 0 Å². The molecule has 104 valence electrons. The molecule has 1 saturated heterocycles. The average molecular weight is 325 g/mol. The maximum atomic E-state index is 7.71. The number of halogens is 1. The maximum Gasteiger partial charge on any atom is 0.124 e. The molecule has 0 aromatic heterocycles. The van der Waals surface area contributed by atoms with E-state index in [1.54, 1.807) is 0 Å². The Morgan fingerprint density at radius 3 is 2.89 bits per heavy atom. The molecule has 0 aliphatic carbocycles. The number of hydrogen-bond donors (Lipinski definition) is 2. The van der Waals surface area contributed by atoms with E-state index in [-0.39, 0.29) is 5.84 Å². The van der Waals surface area contributed by atoms with E-state index in [1.807, 2.05) is 18.2 Å². The number of nitrogens with two attached hydrogens (primary N) is 1. The van der Waals surface area contributed by atoms with Gasteiger partial charge in [0.05, 0.1) is 0 Å². The van der Waals surface area contributed by atoms with Crippen molar-refractivity contribution in [2.75, 3.05) is 32.1 Å². The van der Waals surface area contributed by atoms with Crippen molar-refractivity contribution in [3.05, 3.63) is 28.2 Å². The van der Waals surface area contributed by atoms with Gasteiger partial charge in [0.25, 0.3) is 0 Å². The van der Waals surface area contributed by atoms with Crippen molar-refractivity contribution in [3.63, 3.8) is 0 Å². The van der Waals surface area contributed by atoms with Gasteiger partial charge >= 0.3 is 0 Å². The Hall–Kier alpha value is -1.07. The molecule has 0 saturated carbocycles. The molecular formula is C14H21BrN4. The Labute approximate surface area is 123 Å². The predicted molar refractivity (Wildman–Crippen MR) is 84.1 cm³/mol. The molecule has 1 aliphatic rings. The van der Waals surface area contributed by atoms with E-state index in [1.165, 1.54) is 19.4 Å². The Morgan fingerprint density at radius 1 is 1.58 bits per heavy atom. The molecule has 0 bridgehead atoms. The number of likely N-dealkylation sites (tertiary alicyclic amines) is 1. The van der Waals surface area contributed by atoms with Crippen LogP contribution in [-0.4, -0.2) is 44.0 Å². The summed E-state index contributed by atoms with van der Waals surface area (Å²) in [5.41, 5.74) is 7.50. The van der Waals surface area contributed by atoms with E-state index in [0.29, 0.717) is 6.04 Å². The summed E-state index contributed by atoms with van der Waals surface area (Å²) in [5, 5.41) is 7.71. The molecule has 1 aromatic carbocycles. The van der Waals surface area contributed by atoms with Gasteiger partial charge in [-0.3, -0.25) is 5.41 Å². The summed E-state index contributed by atoms with van der Waals surface area (Å²) in [7, 11) is 4.25. The van der Waals surface area contributed by atoms with Crippen LogP contribution in [0.15, 0.2) is 22.7 Å². The molecule has 1 heterocycles. The maximum absolute atomic E-state index is 7.71. The van der Waals surface area contributed by atoms with Crippen LogP contribution in [0.1, 0.15) is 18.4 Å². The molecule has 1 fully saturated rings. The SMILES string of the molecule is CN(CC1CCCN1C)c1ccc(Br)cc1C(=N)N. The molecule has 3 N–H and O–H groups in total.